The van der Waals surface area contributed by atoms with Crippen LogP contribution in [0.15, 0.2) is 41.5 Å². The van der Waals surface area contributed by atoms with Crippen LogP contribution in [0.4, 0.5) is 0 Å². The molecule has 0 saturated carbocycles. The maximum Gasteiger partial charge on any atom is -0.00633 e. The van der Waals surface area contributed by atoms with Crippen LogP contribution in [0.5, 0.6) is 0 Å². The van der Waals surface area contributed by atoms with Crippen LogP contribution in [0.1, 0.15) is 68.0 Å². The molecule has 0 heterocycles. The second-order valence-electron chi connectivity index (χ2n) is 9.10. The summed E-state index contributed by atoms with van der Waals surface area (Å²) in [6.07, 6.45) is 6.95. The van der Waals surface area contributed by atoms with Crippen molar-refractivity contribution >= 4 is 5.57 Å². The quantitative estimate of drug-likeness (QED) is 0.462. The van der Waals surface area contributed by atoms with Crippen LogP contribution in [0.25, 0.3) is 5.57 Å². The van der Waals surface area contributed by atoms with Crippen molar-refractivity contribution in [2.24, 2.45) is 11.8 Å². The molecule has 2 unspecified atom stereocenters. The topological polar surface area (TPSA) is 0 Å². The summed E-state index contributed by atoms with van der Waals surface area (Å²) in [7, 11) is 0. The van der Waals surface area contributed by atoms with E-state index in [9.17, 15) is 0 Å². The summed E-state index contributed by atoms with van der Waals surface area (Å²) >= 11 is 0. The molecule has 2 aliphatic rings. The molecule has 138 valence electrons. The van der Waals surface area contributed by atoms with Gasteiger partial charge in [0.25, 0.3) is 0 Å². The normalized spacial score (nSPS) is 24.7. The number of fused-ring (bicyclic) bond motifs is 3. The lowest BCUT2D eigenvalue weighted by Gasteiger charge is -2.37. The summed E-state index contributed by atoms with van der Waals surface area (Å²) in [5, 5.41) is 0. The van der Waals surface area contributed by atoms with Crippen molar-refractivity contribution in [3.8, 4) is 0 Å². The highest BCUT2D eigenvalue weighted by molar-refractivity contribution is 5.88. The molecular formula is C26H34. The van der Waals surface area contributed by atoms with E-state index in [1.165, 1.54) is 44.5 Å². The van der Waals surface area contributed by atoms with Gasteiger partial charge in [0, 0.05) is 0 Å². The van der Waals surface area contributed by atoms with Gasteiger partial charge in [-0.15, -0.1) is 0 Å². The summed E-state index contributed by atoms with van der Waals surface area (Å²) in [5.41, 5.74) is 14.2. The smallest absolute Gasteiger partial charge is 0.00633 e. The summed E-state index contributed by atoms with van der Waals surface area (Å²) in [6, 6.07) is 0. The number of allylic oxidation sites excluding steroid dienone is 7. The van der Waals surface area contributed by atoms with Crippen LogP contribution >= 0.6 is 0 Å². The van der Waals surface area contributed by atoms with Gasteiger partial charge in [-0.1, -0.05) is 52.5 Å². The van der Waals surface area contributed by atoms with E-state index < -0.39 is 0 Å². The molecule has 0 bridgehead atoms. The van der Waals surface area contributed by atoms with Crippen molar-refractivity contribution in [2.45, 2.75) is 67.7 Å². The molecule has 3 rings (SSSR count). The Balaban J connectivity index is 2.53. The first-order valence-electron chi connectivity index (χ1n) is 9.91. The predicted molar refractivity (Wildman–Crippen MR) is 116 cm³/mol. The molecule has 2 aliphatic carbocycles. The van der Waals surface area contributed by atoms with Gasteiger partial charge >= 0.3 is 0 Å². The summed E-state index contributed by atoms with van der Waals surface area (Å²) in [5.74, 6) is 1.03. The number of rotatable bonds is 0. The minimum atomic E-state index is 0.121. The summed E-state index contributed by atoms with van der Waals surface area (Å²) < 4.78 is 0. The highest BCUT2D eigenvalue weighted by Gasteiger charge is 2.41. The third-order valence-corrected chi connectivity index (χ3v) is 7.63. The molecule has 0 fully saturated rings. The van der Waals surface area contributed by atoms with E-state index in [1.54, 1.807) is 5.56 Å². The highest BCUT2D eigenvalue weighted by Crippen LogP contribution is 2.52. The van der Waals surface area contributed by atoms with Gasteiger partial charge in [0.15, 0.2) is 0 Å². The van der Waals surface area contributed by atoms with E-state index in [0.29, 0.717) is 11.8 Å². The van der Waals surface area contributed by atoms with Crippen molar-refractivity contribution in [3.05, 3.63) is 74.9 Å². The largest absolute Gasteiger partial charge is 0.0915 e. The molecule has 0 amide bonds. The minimum Gasteiger partial charge on any atom is -0.0915 e. The van der Waals surface area contributed by atoms with Crippen LogP contribution in [0, 0.1) is 39.5 Å². The van der Waals surface area contributed by atoms with Crippen LogP contribution < -0.4 is 0 Å². The van der Waals surface area contributed by atoms with Crippen molar-refractivity contribution in [2.75, 3.05) is 0 Å². The van der Waals surface area contributed by atoms with Gasteiger partial charge in [-0.25, -0.2) is 0 Å². The van der Waals surface area contributed by atoms with Crippen LogP contribution in [0.2, 0.25) is 0 Å². The van der Waals surface area contributed by atoms with Crippen LogP contribution in [-0.4, -0.2) is 0 Å². The van der Waals surface area contributed by atoms with Gasteiger partial charge in [0.2, 0.25) is 0 Å². The average molecular weight is 347 g/mol. The Morgan fingerprint density at radius 1 is 0.846 bits per heavy atom. The molecule has 0 saturated heterocycles. The molecule has 0 aliphatic heterocycles. The zero-order valence-corrected chi connectivity index (χ0v) is 18.1. The van der Waals surface area contributed by atoms with E-state index in [2.05, 4.69) is 87.1 Å². The zero-order valence-electron chi connectivity index (χ0n) is 18.1. The maximum absolute atomic E-state index is 4.32. The van der Waals surface area contributed by atoms with Crippen molar-refractivity contribution in [1.29, 1.82) is 0 Å². The Hall–Kier alpha value is -1.82. The highest BCUT2D eigenvalue weighted by atomic mass is 14.5. The van der Waals surface area contributed by atoms with Crippen molar-refractivity contribution in [1.82, 2.24) is 0 Å². The molecule has 0 radical (unpaired) electrons. The fraction of sp³-hybridized carbons (Fsp3) is 0.462. The second-order valence-corrected chi connectivity index (χ2v) is 9.10. The Kier molecular flexibility index (Phi) is 4.46. The molecule has 0 spiro atoms. The maximum atomic E-state index is 4.32. The lowest BCUT2D eigenvalue weighted by atomic mass is 9.67. The lowest BCUT2D eigenvalue weighted by molar-refractivity contribution is 0.281. The Morgan fingerprint density at radius 2 is 1.42 bits per heavy atom. The average Bonchev–Trinajstić information content (AvgIpc) is 2.76. The molecule has 0 N–H and O–H groups in total. The van der Waals surface area contributed by atoms with Gasteiger partial charge in [-0.2, -0.15) is 0 Å². The fourth-order valence-corrected chi connectivity index (χ4v) is 4.97. The Labute approximate surface area is 160 Å². The molecule has 26 heavy (non-hydrogen) atoms. The molecule has 0 heteroatoms. The molecule has 0 nitrogen and oxygen atoms in total. The third kappa shape index (κ3) is 2.49. The van der Waals surface area contributed by atoms with Gasteiger partial charge in [-0.05, 0) is 108 Å². The first kappa shape index (κ1) is 19.0. The van der Waals surface area contributed by atoms with Crippen molar-refractivity contribution < 1.29 is 0 Å². The molecule has 0 aromatic heterocycles. The first-order valence-corrected chi connectivity index (χ1v) is 9.91. The van der Waals surface area contributed by atoms with E-state index in [0.717, 1.165) is 5.57 Å². The van der Waals surface area contributed by atoms with Gasteiger partial charge in [0.05, 0.1) is 0 Å². The van der Waals surface area contributed by atoms with E-state index in [4.69, 9.17) is 0 Å². The zero-order chi connectivity index (χ0) is 19.5. The number of hydrogen-bond acceptors (Lipinski definition) is 0. The third-order valence-electron chi connectivity index (χ3n) is 7.63. The fourth-order valence-electron chi connectivity index (χ4n) is 4.97. The SMILES string of the molecule is C=C1C=C2C(=CC=C1C)c1c(C)c(C)c(C)c(C)c1C(C)(C)C(C)C2C. The van der Waals surface area contributed by atoms with E-state index in [1.807, 2.05) is 0 Å². The van der Waals surface area contributed by atoms with Gasteiger partial charge in [-0.3, -0.25) is 0 Å². The lowest BCUT2D eigenvalue weighted by Crippen LogP contribution is -2.32. The monoisotopic (exact) mass is 346 g/mol. The Bertz CT molecular complexity index is 897. The molecule has 2 atom stereocenters. The summed E-state index contributed by atoms with van der Waals surface area (Å²) in [6.45, 7) is 25.4. The first-order chi connectivity index (χ1) is 12.0. The number of benzene rings is 1. The Morgan fingerprint density at radius 3 is 2.04 bits per heavy atom. The van der Waals surface area contributed by atoms with Crippen LogP contribution in [0.3, 0.4) is 0 Å². The molecular weight excluding hydrogens is 312 g/mol. The predicted octanol–water partition coefficient (Wildman–Crippen LogP) is 7.31. The number of hydrogen-bond donors (Lipinski definition) is 0. The van der Waals surface area contributed by atoms with E-state index >= 15 is 0 Å². The van der Waals surface area contributed by atoms with Gasteiger partial charge < -0.3 is 0 Å². The van der Waals surface area contributed by atoms with Gasteiger partial charge in [0.1, 0.15) is 0 Å². The van der Waals surface area contributed by atoms with E-state index in [-0.39, 0.29) is 5.41 Å². The second kappa shape index (κ2) is 6.12. The minimum absolute atomic E-state index is 0.121. The molecule has 1 aromatic rings. The van der Waals surface area contributed by atoms with Crippen molar-refractivity contribution in [3.63, 3.8) is 0 Å². The standard InChI is InChI=1S/C26H34/c1-14-11-12-22-23(13-15(14)2)20(7)21(8)26(9,10)25-19(6)17(4)16(3)18(5)24(22)25/h11-13,20-21H,2H2,1,3-10H3. The summed E-state index contributed by atoms with van der Waals surface area (Å²) in [4.78, 5) is 0. The van der Waals surface area contributed by atoms with Crippen LogP contribution in [-0.2, 0) is 5.41 Å². The molecule has 1 aromatic carbocycles.